The average molecular weight is 244 g/mol. The summed E-state index contributed by atoms with van der Waals surface area (Å²) in [6, 6.07) is 6.37. The van der Waals surface area contributed by atoms with Crippen LogP contribution in [-0.4, -0.2) is 4.62 Å². The molecule has 68 valence electrons. The number of benzene rings is 1. The first-order valence-corrected chi connectivity index (χ1v) is 4.68. The lowest BCUT2D eigenvalue weighted by Gasteiger charge is -2.07. The van der Waals surface area contributed by atoms with E-state index >= 15 is 0 Å². The van der Waals surface area contributed by atoms with E-state index in [0.29, 0.717) is 6.42 Å². The lowest BCUT2D eigenvalue weighted by Crippen LogP contribution is -1.97. The van der Waals surface area contributed by atoms with Crippen LogP contribution < -0.4 is 0 Å². The zero-order valence-electron chi connectivity index (χ0n) is 6.71. The Labute approximate surface area is 83.5 Å². The Morgan fingerprint density at radius 1 is 1.54 bits per heavy atom. The van der Waals surface area contributed by atoms with Gasteiger partial charge in [-0.2, -0.15) is 0 Å². The number of rotatable bonds is 1. The molecule has 0 spiro atoms. The summed E-state index contributed by atoms with van der Waals surface area (Å²) >= 11 is 3.23. The molecule has 0 N–H and O–H groups in total. The smallest absolute Gasteiger partial charge is 0.158 e. The minimum Gasteiger partial charge on any atom is -0.386 e. The molecule has 0 saturated carbocycles. The monoisotopic (exact) mass is 243 g/mol. The number of hydrogen-bond acceptors (Lipinski definition) is 2. The molecule has 2 rings (SSSR count). The molecule has 0 aromatic heterocycles. The van der Waals surface area contributed by atoms with E-state index in [0.717, 1.165) is 10.2 Å². The quantitative estimate of drug-likeness (QED) is 0.744. The Bertz CT molecular complexity index is 353. The predicted octanol–water partition coefficient (Wildman–Crippen LogP) is 3.00. The summed E-state index contributed by atoms with van der Waals surface area (Å²) in [5.41, 5.74) is 0.818. The minimum atomic E-state index is -0.246. The third-order valence-electron chi connectivity index (χ3n) is 1.85. The third kappa shape index (κ3) is 1.88. The van der Waals surface area contributed by atoms with Crippen LogP contribution >= 0.6 is 15.9 Å². The van der Waals surface area contributed by atoms with E-state index in [-0.39, 0.29) is 11.9 Å². The van der Waals surface area contributed by atoms with Gasteiger partial charge >= 0.3 is 0 Å². The van der Waals surface area contributed by atoms with Crippen molar-refractivity contribution >= 4 is 20.6 Å². The second-order valence-electron chi connectivity index (χ2n) is 2.82. The summed E-state index contributed by atoms with van der Waals surface area (Å²) in [4.78, 5) is 5.08. The third-order valence-corrected chi connectivity index (χ3v) is 2.32. The molecule has 1 atom stereocenters. The molecule has 0 bridgehead atoms. The van der Waals surface area contributed by atoms with Gasteiger partial charge in [0.05, 0.1) is 0 Å². The zero-order valence-corrected chi connectivity index (χ0v) is 8.29. The van der Waals surface area contributed by atoms with Gasteiger partial charge in [-0.05, 0) is 33.6 Å². The van der Waals surface area contributed by atoms with Gasteiger partial charge in [0.2, 0.25) is 0 Å². The molecule has 0 amide bonds. The van der Waals surface area contributed by atoms with Gasteiger partial charge in [0.25, 0.3) is 0 Å². The van der Waals surface area contributed by atoms with E-state index < -0.39 is 0 Å². The summed E-state index contributed by atoms with van der Waals surface area (Å²) < 4.78 is 13.6. The van der Waals surface area contributed by atoms with Crippen molar-refractivity contribution in [1.29, 1.82) is 0 Å². The summed E-state index contributed by atoms with van der Waals surface area (Å²) in [5, 5.41) is 3.73. The molecule has 1 aromatic rings. The molecule has 1 aliphatic rings. The van der Waals surface area contributed by atoms with Gasteiger partial charge in [0.15, 0.2) is 6.10 Å². The van der Waals surface area contributed by atoms with E-state index in [9.17, 15) is 4.39 Å². The molecule has 4 heteroatoms. The summed E-state index contributed by atoms with van der Waals surface area (Å²) in [6.07, 6.45) is 0.522. The van der Waals surface area contributed by atoms with Gasteiger partial charge in [-0.3, -0.25) is 0 Å². The van der Waals surface area contributed by atoms with Crippen LogP contribution in [0.5, 0.6) is 0 Å². The SMILES string of the molecule is Fc1cccc(C2CC(Br)=NO2)c1. The fourth-order valence-electron chi connectivity index (χ4n) is 1.23. The van der Waals surface area contributed by atoms with Crippen LogP contribution in [0.3, 0.4) is 0 Å². The van der Waals surface area contributed by atoms with Crippen molar-refractivity contribution < 1.29 is 9.23 Å². The Morgan fingerprint density at radius 2 is 2.38 bits per heavy atom. The zero-order chi connectivity index (χ0) is 9.26. The van der Waals surface area contributed by atoms with Crippen molar-refractivity contribution in [3.05, 3.63) is 35.6 Å². The second-order valence-corrected chi connectivity index (χ2v) is 3.74. The van der Waals surface area contributed by atoms with Crippen LogP contribution in [0.1, 0.15) is 18.1 Å². The molecular formula is C9H7BrFNO. The van der Waals surface area contributed by atoms with Crippen molar-refractivity contribution in [1.82, 2.24) is 0 Å². The van der Waals surface area contributed by atoms with Crippen molar-refractivity contribution in [2.75, 3.05) is 0 Å². The van der Waals surface area contributed by atoms with E-state index in [4.69, 9.17) is 4.84 Å². The highest BCUT2D eigenvalue weighted by Gasteiger charge is 2.21. The second kappa shape index (κ2) is 3.46. The van der Waals surface area contributed by atoms with Crippen LogP contribution in [0, 0.1) is 5.82 Å². The fourth-order valence-corrected chi connectivity index (χ4v) is 1.61. The predicted molar refractivity (Wildman–Crippen MR) is 51.2 cm³/mol. The fraction of sp³-hybridized carbons (Fsp3) is 0.222. The molecule has 0 saturated heterocycles. The molecular weight excluding hydrogens is 237 g/mol. The van der Waals surface area contributed by atoms with E-state index in [1.54, 1.807) is 6.07 Å². The minimum absolute atomic E-state index is 0.148. The Kier molecular flexibility index (Phi) is 2.31. The number of hydrogen-bond donors (Lipinski definition) is 0. The standard InChI is InChI=1S/C9H7BrFNO/c10-9-5-8(13-12-9)6-2-1-3-7(11)4-6/h1-4,8H,5H2. The van der Waals surface area contributed by atoms with E-state index in [1.165, 1.54) is 12.1 Å². The number of halogens is 2. The van der Waals surface area contributed by atoms with Gasteiger partial charge in [0.1, 0.15) is 10.4 Å². The van der Waals surface area contributed by atoms with Crippen LogP contribution in [0.15, 0.2) is 29.4 Å². The Hall–Kier alpha value is -0.900. The maximum Gasteiger partial charge on any atom is 0.158 e. The maximum atomic E-state index is 12.8. The molecule has 0 radical (unpaired) electrons. The maximum absolute atomic E-state index is 12.8. The molecule has 1 aliphatic heterocycles. The lowest BCUT2D eigenvalue weighted by molar-refractivity contribution is 0.0855. The highest BCUT2D eigenvalue weighted by atomic mass is 79.9. The molecule has 0 fully saturated rings. The Morgan fingerprint density at radius 3 is 3.00 bits per heavy atom. The van der Waals surface area contributed by atoms with Crippen molar-refractivity contribution in [3.63, 3.8) is 0 Å². The van der Waals surface area contributed by atoms with Crippen molar-refractivity contribution in [3.8, 4) is 0 Å². The van der Waals surface area contributed by atoms with Crippen LogP contribution in [0.4, 0.5) is 4.39 Å². The highest BCUT2D eigenvalue weighted by molar-refractivity contribution is 9.18. The van der Waals surface area contributed by atoms with E-state index in [2.05, 4.69) is 21.1 Å². The first kappa shape index (κ1) is 8.69. The molecule has 1 aromatic carbocycles. The summed E-state index contributed by atoms with van der Waals surface area (Å²) in [7, 11) is 0. The van der Waals surface area contributed by atoms with Crippen LogP contribution in [0.2, 0.25) is 0 Å². The van der Waals surface area contributed by atoms with Crippen LogP contribution in [-0.2, 0) is 4.84 Å². The Balaban J connectivity index is 2.18. The molecule has 13 heavy (non-hydrogen) atoms. The van der Waals surface area contributed by atoms with E-state index in [1.807, 2.05) is 6.07 Å². The molecule has 1 unspecified atom stereocenters. The van der Waals surface area contributed by atoms with Gasteiger partial charge in [-0.15, -0.1) is 0 Å². The highest BCUT2D eigenvalue weighted by Crippen LogP contribution is 2.28. The molecule has 2 nitrogen and oxygen atoms in total. The van der Waals surface area contributed by atoms with Gasteiger partial charge in [-0.25, -0.2) is 4.39 Å². The van der Waals surface area contributed by atoms with Crippen molar-refractivity contribution in [2.24, 2.45) is 5.16 Å². The molecule has 1 heterocycles. The first-order valence-electron chi connectivity index (χ1n) is 3.89. The average Bonchev–Trinajstić information content (AvgIpc) is 2.52. The number of oxime groups is 1. The van der Waals surface area contributed by atoms with Gasteiger partial charge in [-0.1, -0.05) is 17.3 Å². The van der Waals surface area contributed by atoms with Gasteiger partial charge < -0.3 is 4.84 Å². The molecule has 0 aliphatic carbocycles. The lowest BCUT2D eigenvalue weighted by atomic mass is 10.1. The number of nitrogens with zero attached hydrogens (tertiary/aromatic N) is 1. The normalized spacial score (nSPS) is 21.1. The largest absolute Gasteiger partial charge is 0.386 e. The van der Waals surface area contributed by atoms with Crippen LogP contribution in [0.25, 0.3) is 0 Å². The van der Waals surface area contributed by atoms with Crippen molar-refractivity contribution in [2.45, 2.75) is 12.5 Å². The topological polar surface area (TPSA) is 21.6 Å². The summed E-state index contributed by atoms with van der Waals surface area (Å²) in [5.74, 6) is -0.246. The summed E-state index contributed by atoms with van der Waals surface area (Å²) in [6.45, 7) is 0. The van der Waals surface area contributed by atoms with Gasteiger partial charge in [0, 0.05) is 6.42 Å². The first-order chi connectivity index (χ1) is 6.25.